The van der Waals surface area contributed by atoms with Crippen molar-refractivity contribution in [2.24, 2.45) is 0 Å². The summed E-state index contributed by atoms with van der Waals surface area (Å²) in [5, 5.41) is 4.91. The lowest BCUT2D eigenvalue weighted by atomic mass is 10.1. The molecule has 112 valence electrons. The van der Waals surface area contributed by atoms with E-state index in [1.807, 2.05) is 11.3 Å². The second kappa shape index (κ2) is 7.61. The number of nitrogens with one attached hydrogen (secondary N) is 1. The van der Waals surface area contributed by atoms with Gasteiger partial charge in [-0.3, -0.25) is 4.90 Å². The van der Waals surface area contributed by atoms with E-state index in [1.165, 1.54) is 20.5 Å². The third-order valence-corrected chi connectivity index (χ3v) is 4.81. The highest BCUT2D eigenvalue weighted by Gasteiger charge is 2.14. The lowest BCUT2D eigenvalue weighted by Gasteiger charge is -2.18. The number of hydrogen-bond donors (Lipinski definition) is 1. The van der Waals surface area contributed by atoms with E-state index < -0.39 is 0 Å². The molecule has 0 amide bonds. The van der Waals surface area contributed by atoms with Crippen molar-refractivity contribution in [3.63, 3.8) is 0 Å². The molecule has 0 aliphatic rings. The molecule has 1 aromatic carbocycles. The molecule has 3 heteroatoms. The minimum Gasteiger partial charge on any atom is -0.310 e. The summed E-state index contributed by atoms with van der Waals surface area (Å²) in [6.45, 7) is 10.1. The van der Waals surface area contributed by atoms with Crippen LogP contribution in [0.2, 0.25) is 0 Å². The van der Waals surface area contributed by atoms with Crippen LogP contribution in [0, 0.1) is 12.3 Å². The van der Waals surface area contributed by atoms with Gasteiger partial charge in [0, 0.05) is 28.7 Å². The molecule has 0 aliphatic heterocycles. The summed E-state index contributed by atoms with van der Waals surface area (Å²) in [6, 6.07) is 9.16. The number of rotatable bonds is 7. The van der Waals surface area contributed by atoms with Crippen molar-refractivity contribution in [2.45, 2.75) is 39.9 Å². The minimum absolute atomic E-state index is 0.496. The Labute approximate surface area is 132 Å². The Kier molecular flexibility index (Phi) is 5.81. The predicted octanol–water partition coefficient (Wildman–Crippen LogP) is 3.85. The van der Waals surface area contributed by atoms with Gasteiger partial charge in [0.2, 0.25) is 0 Å². The Bertz CT molecular complexity index is 622. The quantitative estimate of drug-likeness (QED) is 0.781. The largest absolute Gasteiger partial charge is 0.310 e. The minimum atomic E-state index is 0.496. The standard InChI is InChI=1S/C18H24N2S/c1-5-11-20(6-2)13-16-15-9-7-8-10-17(15)21-18(16)12-19-14(3)4/h1,7-10,14,19H,6,11-13H2,2-4H3. The van der Waals surface area contributed by atoms with E-state index in [0.717, 1.165) is 19.6 Å². The molecule has 0 bridgehead atoms. The highest BCUT2D eigenvalue weighted by Crippen LogP contribution is 2.32. The fourth-order valence-corrected chi connectivity index (χ4v) is 3.56. The van der Waals surface area contributed by atoms with Crippen LogP contribution >= 0.6 is 11.3 Å². The third kappa shape index (κ3) is 4.07. The van der Waals surface area contributed by atoms with E-state index in [2.05, 4.69) is 61.2 Å². The van der Waals surface area contributed by atoms with Crippen LogP contribution < -0.4 is 5.32 Å². The molecule has 2 rings (SSSR count). The first-order valence-electron chi connectivity index (χ1n) is 7.54. The van der Waals surface area contributed by atoms with Crippen LogP contribution in [0.1, 0.15) is 31.2 Å². The summed E-state index contributed by atoms with van der Waals surface area (Å²) in [4.78, 5) is 3.74. The van der Waals surface area contributed by atoms with Crippen LogP contribution in [-0.2, 0) is 13.1 Å². The number of hydrogen-bond acceptors (Lipinski definition) is 3. The Balaban J connectivity index is 2.33. The Morgan fingerprint density at radius 2 is 2.10 bits per heavy atom. The van der Waals surface area contributed by atoms with Gasteiger partial charge in [0.05, 0.1) is 6.54 Å². The lowest BCUT2D eigenvalue weighted by Crippen LogP contribution is -2.25. The van der Waals surface area contributed by atoms with E-state index in [9.17, 15) is 0 Å². The maximum absolute atomic E-state index is 5.48. The highest BCUT2D eigenvalue weighted by molar-refractivity contribution is 7.19. The van der Waals surface area contributed by atoms with Gasteiger partial charge < -0.3 is 5.32 Å². The van der Waals surface area contributed by atoms with Crippen LogP contribution in [0.3, 0.4) is 0 Å². The third-order valence-electron chi connectivity index (χ3n) is 3.60. The maximum atomic E-state index is 5.48. The molecule has 21 heavy (non-hydrogen) atoms. The number of thiophene rings is 1. The van der Waals surface area contributed by atoms with Crippen molar-refractivity contribution >= 4 is 21.4 Å². The van der Waals surface area contributed by atoms with E-state index in [0.29, 0.717) is 12.6 Å². The van der Waals surface area contributed by atoms with Crippen molar-refractivity contribution in [2.75, 3.05) is 13.1 Å². The molecule has 1 aromatic heterocycles. The lowest BCUT2D eigenvalue weighted by molar-refractivity contribution is 0.316. The van der Waals surface area contributed by atoms with Crippen LogP contribution in [0.15, 0.2) is 24.3 Å². The van der Waals surface area contributed by atoms with E-state index in [1.54, 1.807) is 0 Å². The first-order chi connectivity index (χ1) is 10.2. The van der Waals surface area contributed by atoms with Gasteiger partial charge in [-0.1, -0.05) is 44.9 Å². The predicted molar refractivity (Wildman–Crippen MR) is 93.6 cm³/mol. The molecule has 0 radical (unpaired) electrons. The van der Waals surface area contributed by atoms with Gasteiger partial charge in [0.1, 0.15) is 0 Å². The zero-order valence-corrected chi connectivity index (χ0v) is 14.0. The fourth-order valence-electron chi connectivity index (χ4n) is 2.39. The molecule has 0 unspecified atom stereocenters. The molecular formula is C18H24N2S. The average molecular weight is 300 g/mol. The van der Waals surface area contributed by atoms with Crippen molar-refractivity contribution in [1.29, 1.82) is 0 Å². The fraction of sp³-hybridized carbons (Fsp3) is 0.444. The summed E-state index contributed by atoms with van der Waals surface area (Å²) in [7, 11) is 0. The number of benzene rings is 1. The zero-order valence-electron chi connectivity index (χ0n) is 13.1. The van der Waals surface area contributed by atoms with Crippen molar-refractivity contribution < 1.29 is 0 Å². The Hall–Kier alpha value is -1.34. The van der Waals surface area contributed by atoms with Gasteiger partial charge in [-0.2, -0.15) is 0 Å². The van der Waals surface area contributed by atoms with Gasteiger partial charge >= 0.3 is 0 Å². The second-order valence-electron chi connectivity index (χ2n) is 5.54. The van der Waals surface area contributed by atoms with Gasteiger partial charge in [-0.15, -0.1) is 17.8 Å². The molecule has 0 spiro atoms. The number of terminal acetylenes is 1. The van der Waals surface area contributed by atoms with E-state index in [-0.39, 0.29) is 0 Å². The van der Waals surface area contributed by atoms with Gasteiger partial charge in [0.15, 0.2) is 0 Å². The first kappa shape index (κ1) is 16.0. The smallest absolute Gasteiger partial charge is 0.0601 e. The van der Waals surface area contributed by atoms with E-state index in [4.69, 9.17) is 6.42 Å². The summed E-state index contributed by atoms with van der Waals surface area (Å²) >= 11 is 1.90. The Morgan fingerprint density at radius 3 is 2.76 bits per heavy atom. The summed E-state index contributed by atoms with van der Waals surface area (Å²) in [5.74, 6) is 2.76. The topological polar surface area (TPSA) is 15.3 Å². The number of nitrogens with zero attached hydrogens (tertiary/aromatic N) is 1. The molecule has 2 nitrogen and oxygen atoms in total. The molecular weight excluding hydrogens is 276 g/mol. The first-order valence-corrected chi connectivity index (χ1v) is 8.35. The van der Waals surface area contributed by atoms with E-state index >= 15 is 0 Å². The van der Waals surface area contributed by atoms with Crippen LogP contribution in [0.5, 0.6) is 0 Å². The molecule has 0 saturated carbocycles. The van der Waals surface area contributed by atoms with Crippen molar-refractivity contribution in [3.8, 4) is 12.3 Å². The van der Waals surface area contributed by atoms with Crippen LogP contribution in [0.4, 0.5) is 0 Å². The molecule has 1 heterocycles. The average Bonchev–Trinajstić information content (AvgIpc) is 2.82. The van der Waals surface area contributed by atoms with Crippen molar-refractivity contribution in [3.05, 3.63) is 34.7 Å². The van der Waals surface area contributed by atoms with Crippen molar-refractivity contribution in [1.82, 2.24) is 10.2 Å². The van der Waals surface area contributed by atoms with Crippen LogP contribution in [-0.4, -0.2) is 24.0 Å². The normalized spacial score (nSPS) is 11.4. The molecule has 0 atom stereocenters. The highest BCUT2D eigenvalue weighted by atomic mass is 32.1. The summed E-state index contributed by atoms with van der Waals surface area (Å²) in [5.41, 5.74) is 1.43. The SMILES string of the molecule is C#CCN(CC)Cc1c(CNC(C)C)sc2ccccc12. The zero-order chi connectivity index (χ0) is 15.2. The molecule has 0 fully saturated rings. The van der Waals surface area contributed by atoms with Crippen LogP contribution in [0.25, 0.3) is 10.1 Å². The van der Waals surface area contributed by atoms with Gasteiger partial charge in [-0.05, 0) is 23.6 Å². The monoisotopic (exact) mass is 300 g/mol. The summed E-state index contributed by atoms with van der Waals surface area (Å²) in [6.07, 6.45) is 5.48. The number of fused-ring (bicyclic) bond motifs is 1. The molecule has 0 aliphatic carbocycles. The van der Waals surface area contributed by atoms with Gasteiger partial charge in [0.25, 0.3) is 0 Å². The molecule has 2 aromatic rings. The molecule has 1 N–H and O–H groups in total. The Morgan fingerprint density at radius 1 is 1.33 bits per heavy atom. The second-order valence-corrected chi connectivity index (χ2v) is 6.68. The maximum Gasteiger partial charge on any atom is 0.0601 e. The summed E-state index contributed by atoms with van der Waals surface area (Å²) < 4.78 is 1.37. The van der Waals surface area contributed by atoms with Gasteiger partial charge in [-0.25, -0.2) is 0 Å². The molecule has 0 saturated heterocycles.